The van der Waals surface area contributed by atoms with Crippen LogP contribution in [0.15, 0.2) is 22.7 Å². The Morgan fingerprint density at radius 3 is 2.38 bits per heavy atom. The molecule has 0 unspecified atom stereocenters. The van der Waals surface area contributed by atoms with Gasteiger partial charge in [-0.3, -0.25) is 0 Å². The van der Waals surface area contributed by atoms with Gasteiger partial charge in [-0.25, -0.2) is 0 Å². The van der Waals surface area contributed by atoms with Crippen LogP contribution in [0.3, 0.4) is 0 Å². The summed E-state index contributed by atoms with van der Waals surface area (Å²) in [7, 11) is -1.93. The molecule has 0 fully saturated rings. The van der Waals surface area contributed by atoms with E-state index in [1.54, 1.807) is 6.08 Å². The van der Waals surface area contributed by atoms with Gasteiger partial charge in [-0.15, -0.1) is 0 Å². The Labute approximate surface area is 108 Å². The lowest BCUT2D eigenvalue weighted by molar-refractivity contribution is -0.102. The van der Waals surface area contributed by atoms with Crippen molar-refractivity contribution in [2.75, 3.05) is 0 Å². The van der Waals surface area contributed by atoms with Gasteiger partial charge < -0.3 is 9.53 Å². The van der Waals surface area contributed by atoms with Gasteiger partial charge in [0, 0.05) is 10.9 Å². The summed E-state index contributed by atoms with van der Waals surface area (Å²) in [6, 6.07) is 0. The Balaban J connectivity index is 2.79. The maximum absolute atomic E-state index is 10.3. The molecule has 0 aromatic heterocycles. The van der Waals surface area contributed by atoms with E-state index in [4.69, 9.17) is 4.43 Å². The zero-order chi connectivity index (χ0) is 12.6. The largest absolute Gasteiger partial charge is 0.387 e. The topological polar surface area (TPSA) is 29.5 Å². The smallest absolute Gasteiger partial charge is 0.196 e. The monoisotopic (exact) mass is 304 g/mol. The van der Waals surface area contributed by atoms with E-state index in [2.05, 4.69) is 49.8 Å². The summed E-state index contributed by atoms with van der Waals surface area (Å²) in [6.07, 6.45) is 6.03. The van der Waals surface area contributed by atoms with Crippen LogP contribution in [0.2, 0.25) is 18.1 Å². The summed E-state index contributed by atoms with van der Waals surface area (Å²) in [4.78, 5) is 0. The maximum atomic E-state index is 10.3. The van der Waals surface area contributed by atoms with Gasteiger partial charge in [-0.05, 0) is 30.3 Å². The molecule has 0 aromatic carbocycles. The molecule has 0 bridgehead atoms. The third-order valence-electron chi connectivity index (χ3n) is 3.33. The molecule has 0 amide bonds. The third kappa shape index (κ3) is 3.29. The number of hydrogen-bond donors (Lipinski definition) is 1. The zero-order valence-electron chi connectivity index (χ0n) is 10.7. The highest BCUT2D eigenvalue weighted by atomic mass is 79.9. The van der Waals surface area contributed by atoms with E-state index in [9.17, 15) is 5.11 Å². The highest BCUT2D eigenvalue weighted by Gasteiger charge is 2.43. The molecule has 2 nitrogen and oxygen atoms in total. The number of halogens is 1. The molecule has 0 spiro atoms. The first-order valence-corrected chi connectivity index (χ1v) is 9.23. The number of rotatable bonds is 2. The molecule has 16 heavy (non-hydrogen) atoms. The number of hydrogen-bond acceptors (Lipinski definition) is 2. The van der Waals surface area contributed by atoms with E-state index < -0.39 is 14.1 Å². The average molecular weight is 305 g/mol. The van der Waals surface area contributed by atoms with E-state index in [0.29, 0.717) is 6.42 Å². The van der Waals surface area contributed by atoms with Crippen molar-refractivity contribution in [3.05, 3.63) is 22.7 Å². The quantitative estimate of drug-likeness (QED) is 0.618. The number of allylic oxidation sites excluding steroid dienone is 2. The zero-order valence-corrected chi connectivity index (χ0v) is 13.3. The summed E-state index contributed by atoms with van der Waals surface area (Å²) in [5.74, 6) is -1.12. The molecule has 1 N–H and O–H groups in total. The minimum absolute atomic E-state index is 0.106. The van der Waals surface area contributed by atoms with Gasteiger partial charge in [0.05, 0.1) is 0 Å². The summed E-state index contributed by atoms with van der Waals surface area (Å²) in [5.41, 5.74) is 0. The molecule has 1 rings (SSSR count). The summed E-state index contributed by atoms with van der Waals surface area (Å²) < 4.78 is 7.02. The van der Waals surface area contributed by atoms with Gasteiger partial charge >= 0.3 is 0 Å². The Kier molecular flexibility index (Phi) is 3.90. The maximum Gasteiger partial charge on any atom is 0.196 e. The molecule has 0 saturated heterocycles. The predicted octanol–water partition coefficient (Wildman–Crippen LogP) is 3.94. The summed E-state index contributed by atoms with van der Waals surface area (Å²) in [6.45, 7) is 10.8. The molecule has 0 saturated carbocycles. The predicted molar refractivity (Wildman–Crippen MR) is 74.0 cm³/mol. The van der Waals surface area contributed by atoms with E-state index in [1.165, 1.54) is 0 Å². The fraction of sp³-hybridized carbons (Fsp3) is 0.667. The highest BCUT2D eigenvalue weighted by molar-refractivity contribution is 9.11. The minimum Gasteiger partial charge on any atom is -0.387 e. The molecule has 0 aliphatic heterocycles. The molecule has 0 aromatic rings. The van der Waals surface area contributed by atoms with Crippen molar-refractivity contribution < 1.29 is 9.53 Å². The van der Waals surface area contributed by atoms with E-state index >= 15 is 0 Å². The van der Waals surface area contributed by atoms with Crippen molar-refractivity contribution in [2.24, 2.45) is 0 Å². The molecule has 1 atom stereocenters. The molecule has 0 radical (unpaired) electrons. The average Bonchev–Trinajstić information content (AvgIpc) is 2.08. The second-order valence-corrected chi connectivity index (χ2v) is 11.5. The van der Waals surface area contributed by atoms with Gasteiger partial charge in [-0.2, -0.15) is 0 Å². The molecule has 1 aliphatic carbocycles. The van der Waals surface area contributed by atoms with Crippen LogP contribution in [0.4, 0.5) is 0 Å². The normalized spacial score (nSPS) is 26.8. The highest BCUT2D eigenvalue weighted by Crippen LogP contribution is 2.40. The van der Waals surface area contributed by atoms with E-state index in [-0.39, 0.29) is 5.04 Å². The van der Waals surface area contributed by atoms with Gasteiger partial charge in [0.2, 0.25) is 0 Å². The first kappa shape index (κ1) is 14.2. The van der Waals surface area contributed by atoms with Crippen molar-refractivity contribution in [1.82, 2.24) is 0 Å². The third-order valence-corrected chi connectivity index (χ3v) is 8.39. The van der Waals surface area contributed by atoms with Crippen LogP contribution in [0.1, 0.15) is 27.2 Å². The summed E-state index contributed by atoms with van der Waals surface area (Å²) in [5, 5.41) is 10.5. The van der Waals surface area contributed by atoms with Crippen LogP contribution >= 0.6 is 15.9 Å². The fourth-order valence-corrected chi connectivity index (χ4v) is 2.90. The SMILES string of the molecule is CC(C)(C)[Si](C)(C)O[C@]1(O)C=CC(Br)=CC1. The van der Waals surface area contributed by atoms with Gasteiger partial charge in [0.25, 0.3) is 0 Å². The van der Waals surface area contributed by atoms with Crippen molar-refractivity contribution in [3.63, 3.8) is 0 Å². The first-order valence-electron chi connectivity index (χ1n) is 5.53. The Morgan fingerprint density at radius 1 is 1.44 bits per heavy atom. The lowest BCUT2D eigenvalue weighted by Crippen LogP contribution is -2.49. The molecule has 4 heteroatoms. The fourth-order valence-electron chi connectivity index (χ4n) is 1.26. The lowest BCUT2D eigenvalue weighted by atomic mass is 10.1. The van der Waals surface area contributed by atoms with Crippen LogP contribution in [0.5, 0.6) is 0 Å². The molecule has 0 heterocycles. The van der Waals surface area contributed by atoms with Gasteiger partial charge in [-0.1, -0.05) is 42.8 Å². The molecule has 92 valence electrons. The first-order chi connectivity index (χ1) is 7.06. The van der Waals surface area contributed by atoms with Crippen molar-refractivity contribution >= 4 is 24.2 Å². The van der Waals surface area contributed by atoms with Crippen LogP contribution in [0.25, 0.3) is 0 Å². The molecular weight excluding hydrogens is 284 g/mol. The van der Waals surface area contributed by atoms with Crippen molar-refractivity contribution in [3.8, 4) is 0 Å². The van der Waals surface area contributed by atoms with Crippen LogP contribution < -0.4 is 0 Å². The summed E-state index contributed by atoms with van der Waals surface area (Å²) >= 11 is 3.38. The van der Waals surface area contributed by atoms with Crippen LogP contribution in [0, 0.1) is 0 Å². The van der Waals surface area contributed by atoms with E-state index in [1.807, 2.05) is 12.2 Å². The van der Waals surface area contributed by atoms with E-state index in [0.717, 1.165) is 4.48 Å². The van der Waals surface area contributed by atoms with Crippen molar-refractivity contribution in [2.45, 2.75) is 51.1 Å². The van der Waals surface area contributed by atoms with Gasteiger partial charge in [0.1, 0.15) is 0 Å². The number of aliphatic hydroxyl groups is 1. The van der Waals surface area contributed by atoms with Crippen LogP contribution in [-0.4, -0.2) is 19.2 Å². The Hall–Kier alpha value is 0.0969. The van der Waals surface area contributed by atoms with Crippen LogP contribution in [-0.2, 0) is 4.43 Å². The Bertz CT molecular complexity index is 328. The van der Waals surface area contributed by atoms with Gasteiger partial charge in [0.15, 0.2) is 14.1 Å². The minimum atomic E-state index is -1.93. The standard InChI is InChI=1S/C12H21BrO2Si/c1-11(2,3)16(4,5)15-12(14)8-6-10(13)7-9-12/h6-8,14H,9H2,1-5H3/t12-/m1/s1. The van der Waals surface area contributed by atoms with Crippen molar-refractivity contribution in [1.29, 1.82) is 0 Å². The molecular formula is C12H21BrO2Si. The lowest BCUT2D eigenvalue weighted by Gasteiger charge is -2.42. The Morgan fingerprint density at radius 2 is 2.00 bits per heavy atom. The second-order valence-electron chi connectivity index (χ2n) is 5.83. The second kappa shape index (κ2) is 4.41. The molecule has 1 aliphatic rings.